The zero-order valence-corrected chi connectivity index (χ0v) is 7.70. The van der Waals surface area contributed by atoms with Crippen LogP contribution in [0.3, 0.4) is 0 Å². The Hall–Kier alpha value is -0.870. The number of aliphatic hydroxyl groups excluding tert-OH is 1. The van der Waals surface area contributed by atoms with Gasteiger partial charge in [-0.05, 0) is 6.42 Å². The van der Waals surface area contributed by atoms with Gasteiger partial charge in [0.15, 0.2) is 0 Å². The van der Waals surface area contributed by atoms with Gasteiger partial charge < -0.3 is 15.3 Å². The summed E-state index contributed by atoms with van der Waals surface area (Å²) in [7, 11) is 0. The average molecular weight is 184 g/mol. The van der Waals surface area contributed by atoms with Gasteiger partial charge in [-0.1, -0.05) is 6.08 Å². The third kappa shape index (κ3) is 3.16. The molecule has 1 aliphatic heterocycles. The third-order valence-corrected chi connectivity index (χ3v) is 2.08. The van der Waals surface area contributed by atoms with Gasteiger partial charge in [-0.2, -0.15) is 0 Å². The lowest BCUT2D eigenvalue weighted by Gasteiger charge is -2.15. The second kappa shape index (κ2) is 4.99. The fraction of sp³-hybridized carbons (Fsp3) is 0.667. The molecule has 13 heavy (non-hydrogen) atoms. The minimum absolute atomic E-state index is 0.0541. The molecular formula is C9H16N2O2. The summed E-state index contributed by atoms with van der Waals surface area (Å²) < 4.78 is 0. The fourth-order valence-corrected chi connectivity index (χ4v) is 1.36. The first-order chi connectivity index (χ1) is 6.24. The van der Waals surface area contributed by atoms with Crippen molar-refractivity contribution >= 4 is 5.91 Å². The molecular weight excluding hydrogens is 168 g/mol. The van der Waals surface area contributed by atoms with Gasteiger partial charge in [0, 0.05) is 19.6 Å². The molecule has 0 spiro atoms. The molecule has 1 atom stereocenters. The summed E-state index contributed by atoms with van der Waals surface area (Å²) in [6.07, 6.45) is 2.09. The van der Waals surface area contributed by atoms with Crippen molar-refractivity contribution < 1.29 is 9.90 Å². The maximum absolute atomic E-state index is 11.4. The standard InChI is InChI=1S/C9H16N2O2/c1-2-4-10-6-9(13)11-5-3-8(12)7-11/h2,8,10,12H,1,3-7H2/t8-/m0/s1. The van der Waals surface area contributed by atoms with Crippen LogP contribution in [0, 0.1) is 0 Å². The lowest BCUT2D eigenvalue weighted by molar-refractivity contribution is -0.129. The quantitative estimate of drug-likeness (QED) is 0.451. The lowest BCUT2D eigenvalue weighted by atomic mass is 10.3. The number of likely N-dealkylation sites (tertiary alicyclic amines) is 1. The first-order valence-corrected chi connectivity index (χ1v) is 4.51. The number of amides is 1. The summed E-state index contributed by atoms with van der Waals surface area (Å²) in [6.45, 7) is 5.67. The monoisotopic (exact) mass is 184 g/mol. The Kier molecular flexibility index (Phi) is 3.92. The largest absolute Gasteiger partial charge is 0.391 e. The number of rotatable bonds is 4. The first kappa shape index (κ1) is 10.2. The second-order valence-electron chi connectivity index (χ2n) is 3.20. The van der Waals surface area contributed by atoms with Crippen LogP contribution in [0.5, 0.6) is 0 Å². The summed E-state index contributed by atoms with van der Waals surface area (Å²) in [5.74, 6) is 0.0541. The zero-order chi connectivity index (χ0) is 9.68. The normalized spacial score (nSPS) is 21.9. The van der Waals surface area contributed by atoms with Gasteiger partial charge in [0.1, 0.15) is 0 Å². The van der Waals surface area contributed by atoms with Crippen LogP contribution in [0.25, 0.3) is 0 Å². The summed E-state index contributed by atoms with van der Waals surface area (Å²) >= 11 is 0. The molecule has 0 aromatic heterocycles. The molecule has 0 radical (unpaired) electrons. The van der Waals surface area contributed by atoms with Crippen molar-refractivity contribution in [2.24, 2.45) is 0 Å². The Labute approximate surface area is 78.2 Å². The van der Waals surface area contributed by atoms with E-state index in [2.05, 4.69) is 11.9 Å². The van der Waals surface area contributed by atoms with E-state index in [1.807, 2.05) is 0 Å². The van der Waals surface area contributed by atoms with Crippen LogP contribution in [0.1, 0.15) is 6.42 Å². The molecule has 0 saturated carbocycles. The highest BCUT2D eigenvalue weighted by atomic mass is 16.3. The molecule has 74 valence electrons. The highest BCUT2D eigenvalue weighted by Crippen LogP contribution is 2.07. The Bertz CT molecular complexity index is 194. The van der Waals surface area contributed by atoms with Crippen molar-refractivity contribution in [2.45, 2.75) is 12.5 Å². The number of carbonyl (C=O) groups excluding carboxylic acids is 1. The van der Waals surface area contributed by atoms with Crippen molar-refractivity contribution in [3.8, 4) is 0 Å². The zero-order valence-electron chi connectivity index (χ0n) is 7.70. The van der Waals surface area contributed by atoms with Gasteiger partial charge in [0.05, 0.1) is 12.6 Å². The molecule has 1 saturated heterocycles. The van der Waals surface area contributed by atoms with Crippen molar-refractivity contribution in [1.29, 1.82) is 0 Å². The second-order valence-corrected chi connectivity index (χ2v) is 3.20. The van der Waals surface area contributed by atoms with E-state index < -0.39 is 0 Å². The van der Waals surface area contributed by atoms with Crippen molar-refractivity contribution in [3.63, 3.8) is 0 Å². The topological polar surface area (TPSA) is 52.6 Å². The summed E-state index contributed by atoms with van der Waals surface area (Å²) in [4.78, 5) is 13.1. The number of aliphatic hydroxyl groups is 1. The van der Waals surface area contributed by atoms with E-state index in [0.717, 1.165) is 0 Å². The fourth-order valence-electron chi connectivity index (χ4n) is 1.36. The van der Waals surface area contributed by atoms with E-state index >= 15 is 0 Å². The average Bonchev–Trinajstić information content (AvgIpc) is 2.52. The predicted molar refractivity (Wildman–Crippen MR) is 50.3 cm³/mol. The molecule has 0 aromatic rings. The molecule has 1 rings (SSSR count). The smallest absolute Gasteiger partial charge is 0.236 e. The van der Waals surface area contributed by atoms with Crippen LogP contribution in [0.15, 0.2) is 12.7 Å². The van der Waals surface area contributed by atoms with E-state index in [1.54, 1.807) is 11.0 Å². The molecule has 0 bridgehead atoms. The molecule has 1 fully saturated rings. The van der Waals surface area contributed by atoms with Gasteiger partial charge in [-0.3, -0.25) is 4.79 Å². The SMILES string of the molecule is C=CCNCC(=O)N1CC[C@H](O)C1. The van der Waals surface area contributed by atoms with Gasteiger partial charge in [0.2, 0.25) is 5.91 Å². The van der Waals surface area contributed by atoms with Crippen LogP contribution in [0.2, 0.25) is 0 Å². The molecule has 4 heteroatoms. The van der Waals surface area contributed by atoms with Crippen LogP contribution in [-0.4, -0.2) is 48.2 Å². The molecule has 1 aliphatic rings. The maximum Gasteiger partial charge on any atom is 0.236 e. The highest BCUT2D eigenvalue weighted by molar-refractivity contribution is 5.78. The summed E-state index contributed by atoms with van der Waals surface area (Å²) in [6, 6.07) is 0. The summed E-state index contributed by atoms with van der Waals surface area (Å²) in [5.41, 5.74) is 0. The van der Waals surface area contributed by atoms with Crippen LogP contribution in [0.4, 0.5) is 0 Å². The van der Waals surface area contributed by atoms with E-state index in [9.17, 15) is 9.90 Å². The third-order valence-electron chi connectivity index (χ3n) is 2.08. The van der Waals surface area contributed by atoms with E-state index in [1.165, 1.54) is 0 Å². The minimum atomic E-state index is -0.330. The Morgan fingerprint density at radius 3 is 3.08 bits per heavy atom. The Balaban J connectivity index is 2.19. The number of nitrogens with one attached hydrogen (secondary N) is 1. The molecule has 1 amide bonds. The van der Waals surface area contributed by atoms with Gasteiger partial charge in [-0.25, -0.2) is 0 Å². The number of β-amino-alcohol motifs (C(OH)–C–C–N with tert-alkyl or cyclic N) is 1. The van der Waals surface area contributed by atoms with Gasteiger partial charge >= 0.3 is 0 Å². The molecule has 1 heterocycles. The molecule has 0 aromatic carbocycles. The molecule has 4 nitrogen and oxygen atoms in total. The Morgan fingerprint density at radius 1 is 1.77 bits per heavy atom. The van der Waals surface area contributed by atoms with Crippen LogP contribution < -0.4 is 5.32 Å². The maximum atomic E-state index is 11.4. The lowest BCUT2D eigenvalue weighted by Crippen LogP contribution is -2.37. The van der Waals surface area contributed by atoms with E-state index in [4.69, 9.17) is 0 Å². The Morgan fingerprint density at radius 2 is 2.54 bits per heavy atom. The van der Waals surface area contributed by atoms with Gasteiger partial charge in [-0.15, -0.1) is 6.58 Å². The van der Waals surface area contributed by atoms with E-state index in [-0.39, 0.29) is 12.0 Å². The van der Waals surface area contributed by atoms with Gasteiger partial charge in [0.25, 0.3) is 0 Å². The number of carbonyl (C=O) groups is 1. The molecule has 2 N–H and O–H groups in total. The van der Waals surface area contributed by atoms with Crippen molar-refractivity contribution in [2.75, 3.05) is 26.2 Å². The molecule has 0 aliphatic carbocycles. The van der Waals surface area contributed by atoms with E-state index in [0.29, 0.717) is 32.6 Å². The molecule has 0 unspecified atom stereocenters. The van der Waals surface area contributed by atoms with Crippen molar-refractivity contribution in [3.05, 3.63) is 12.7 Å². The van der Waals surface area contributed by atoms with Crippen LogP contribution in [-0.2, 0) is 4.79 Å². The summed E-state index contributed by atoms with van der Waals surface area (Å²) in [5, 5.41) is 12.1. The van der Waals surface area contributed by atoms with Crippen molar-refractivity contribution in [1.82, 2.24) is 10.2 Å². The first-order valence-electron chi connectivity index (χ1n) is 4.51. The number of hydrogen-bond acceptors (Lipinski definition) is 3. The minimum Gasteiger partial charge on any atom is -0.391 e. The number of nitrogens with zero attached hydrogens (tertiary/aromatic N) is 1. The van der Waals surface area contributed by atoms with Crippen LogP contribution >= 0.6 is 0 Å². The number of hydrogen-bond donors (Lipinski definition) is 2. The predicted octanol–water partition coefficient (Wildman–Crippen LogP) is -0.645. The highest BCUT2D eigenvalue weighted by Gasteiger charge is 2.23.